The smallest absolute Gasteiger partial charge is 0.160 e. The van der Waals surface area contributed by atoms with Crippen LogP contribution in [0.5, 0.6) is 0 Å². The van der Waals surface area contributed by atoms with Crippen LogP contribution in [0.3, 0.4) is 0 Å². The summed E-state index contributed by atoms with van der Waals surface area (Å²) in [6.07, 6.45) is 8.90. The van der Waals surface area contributed by atoms with Gasteiger partial charge in [0.15, 0.2) is 5.58 Å². The minimum absolute atomic E-state index is 0.480. The lowest BCUT2D eigenvalue weighted by molar-refractivity contribution is 0.632. The molecule has 0 amide bonds. The van der Waals surface area contributed by atoms with Crippen molar-refractivity contribution in [2.24, 2.45) is 0 Å². The summed E-state index contributed by atoms with van der Waals surface area (Å²) in [5.41, 5.74) is 16.3. The number of hydrogen-bond acceptors (Lipinski definition) is 3. The fraction of sp³-hybridized carbons (Fsp3) is 0.0492. The predicted molar refractivity (Wildman–Crippen MR) is 265 cm³/mol. The number of rotatable bonds is 7. The van der Waals surface area contributed by atoms with E-state index in [-0.39, 0.29) is 0 Å². The average molecular weight is 820 g/mol. The molecular weight excluding hydrogens is 779 g/mol. The Morgan fingerprint density at radius 3 is 1.98 bits per heavy atom. The monoisotopic (exact) mass is 819 g/mol. The first-order chi connectivity index (χ1) is 31.7. The lowest BCUT2D eigenvalue weighted by Crippen LogP contribution is -2.30. The Morgan fingerprint density at radius 1 is 0.469 bits per heavy atom. The van der Waals surface area contributed by atoms with E-state index in [4.69, 9.17) is 8.83 Å². The maximum Gasteiger partial charge on any atom is 0.160 e. The molecule has 0 saturated heterocycles. The van der Waals surface area contributed by atoms with E-state index in [2.05, 4.69) is 217 Å². The van der Waals surface area contributed by atoms with Gasteiger partial charge in [-0.1, -0.05) is 182 Å². The van der Waals surface area contributed by atoms with E-state index in [9.17, 15) is 0 Å². The van der Waals surface area contributed by atoms with Gasteiger partial charge in [-0.25, -0.2) is 0 Å². The van der Waals surface area contributed by atoms with Gasteiger partial charge < -0.3 is 13.7 Å². The predicted octanol–water partition coefficient (Wildman–Crippen LogP) is 16.9. The Bertz CT molecular complexity index is 3630. The van der Waals surface area contributed by atoms with Gasteiger partial charge in [0.05, 0.1) is 11.1 Å². The third-order valence-electron chi connectivity index (χ3n) is 13.6. The summed E-state index contributed by atoms with van der Waals surface area (Å²) < 4.78 is 13.7. The van der Waals surface area contributed by atoms with Gasteiger partial charge in [-0.05, 0) is 106 Å². The molecule has 2 aromatic heterocycles. The van der Waals surface area contributed by atoms with Crippen LogP contribution in [0.25, 0.3) is 77.3 Å². The minimum atomic E-state index is -0.480. The maximum atomic E-state index is 7.19. The van der Waals surface area contributed by atoms with Gasteiger partial charge in [-0.3, -0.25) is 0 Å². The number of fused-ring (bicyclic) bond motifs is 8. The molecule has 0 radical (unpaired) electrons. The fourth-order valence-corrected chi connectivity index (χ4v) is 10.8. The van der Waals surface area contributed by atoms with Crippen LogP contribution in [0.1, 0.15) is 29.5 Å². The average Bonchev–Trinajstić information content (AvgIpc) is 4.06. The molecule has 0 N–H and O–H groups in total. The summed E-state index contributed by atoms with van der Waals surface area (Å²) >= 11 is 0. The molecule has 2 heterocycles. The minimum Gasteiger partial charge on any atom is -0.456 e. The van der Waals surface area contributed by atoms with Gasteiger partial charge >= 0.3 is 0 Å². The van der Waals surface area contributed by atoms with Crippen LogP contribution in [-0.2, 0) is 5.41 Å². The molecule has 2 aliphatic rings. The molecular formula is C61H41NO2. The highest BCUT2D eigenvalue weighted by atomic mass is 16.3. The van der Waals surface area contributed by atoms with Crippen LogP contribution >= 0.6 is 0 Å². The van der Waals surface area contributed by atoms with Crippen molar-refractivity contribution >= 4 is 60.7 Å². The molecule has 0 bridgehead atoms. The van der Waals surface area contributed by atoms with E-state index in [1.165, 1.54) is 39.0 Å². The summed E-state index contributed by atoms with van der Waals surface area (Å²) in [6, 6.07) is 74.7. The molecule has 1 unspecified atom stereocenters. The van der Waals surface area contributed by atoms with Gasteiger partial charge in [0.2, 0.25) is 0 Å². The highest BCUT2D eigenvalue weighted by Gasteiger charge is 2.47. The van der Waals surface area contributed by atoms with Gasteiger partial charge in [-0.2, -0.15) is 0 Å². The van der Waals surface area contributed by atoms with Crippen LogP contribution < -0.4 is 4.90 Å². The maximum absolute atomic E-state index is 7.19. The van der Waals surface area contributed by atoms with E-state index >= 15 is 0 Å². The van der Waals surface area contributed by atoms with Crippen molar-refractivity contribution in [1.29, 1.82) is 0 Å². The van der Waals surface area contributed by atoms with Crippen molar-refractivity contribution in [3.05, 3.63) is 247 Å². The Morgan fingerprint density at radius 2 is 1.16 bits per heavy atom. The van der Waals surface area contributed by atoms with E-state index in [0.717, 1.165) is 90.5 Å². The fourth-order valence-electron chi connectivity index (χ4n) is 10.8. The molecule has 9 aromatic carbocycles. The second kappa shape index (κ2) is 14.5. The standard InChI is InChI=1S/C61H41NO2/c1-4-17-40(18-5-1)41-31-33-46(34-32-41)62(47-35-36-50-49-26-13-14-28-53(49)61(54(50)39-47,44-21-6-2-7-22-44)45-23-8-3-9-24-45)59-48-25-12-10-19-42(48)37-52-58-51(27-16-30-56(58)64-60(52)59)57-38-43-20-11-15-29-55(43)63-57/h1-8,10-23,25-39H,9,24H2. The molecule has 0 fully saturated rings. The van der Waals surface area contributed by atoms with Crippen LogP contribution in [0.15, 0.2) is 239 Å². The van der Waals surface area contributed by atoms with Gasteiger partial charge in [-0.15, -0.1) is 0 Å². The van der Waals surface area contributed by atoms with Gasteiger partial charge in [0, 0.05) is 38.5 Å². The number of anilines is 3. The highest BCUT2D eigenvalue weighted by Crippen LogP contribution is 2.59. The Hall–Kier alpha value is -8.14. The molecule has 11 aromatic rings. The van der Waals surface area contributed by atoms with Crippen molar-refractivity contribution in [1.82, 2.24) is 0 Å². The molecule has 0 saturated carbocycles. The van der Waals surface area contributed by atoms with Gasteiger partial charge in [0.1, 0.15) is 16.9 Å². The van der Waals surface area contributed by atoms with E-state index in [0.29, 0.717) is 0 Å². The highest BCUT2D eigenvalue weighted by molar-refractivity contribution is 6.22. The van der Waals surface area contributed by atoms with Crippen LogP contribution in [-0.4, -0.2) is 0 Å². The van der Waals surface area contributed by atoms with E-state index in [1.54, 1.807) is 0 Å². The number of hydrogen-bond donors (Lipinski definition) is 0. The molecule has 302 valence electrons. The second-order valence-corrected chi connectivity index (χ2v) is 17.1. The first-order valence-corrected chi connectivity index (χ1v) is 22.2. The number of nitrogens with zero attached hydrogens (tertiary/aromatic N) is 1. The molecule has 64 heavy (non-hydrogen) atoms. The van der Waals surface area contributed by atoms with Crippen molar-refractivity contribution < 1.29 is 8.83 Å². The third-order valence-corrected chi connectivity index (χ3v) is 13.6. The molecule has 0 aliphatic heterocycles. The Balaban J connectivity index is 1.11. The van der Waals surface area contributed by atoms with E-state index in [1.807, 2.05) is 12.1 Å². The van der Waals surface area contributed by atoms with E-state index < -0.39 is 5.41 Å². The third kappa shape index (κ3) is 5.47. The lowest BCUT2D eigenvalue weighted by Gasteiger charge is -2.37. The number of furan rings is 2. The van der Waals surface area contributed by atoms with Crippen molar-refractivity contribution in [2.75, 3.05) is 4.90 Å². The zero-order valence-electron chi connectivity index (χ0n) is 35.0. The number of para-hydroxylation sites is 1. The summed E-state index contributed by atoms with van der Waals surface area (Å²) in [6.45, 7) is 0. The molecule has 1 atom stereocenters. The summed E-state index contributed by atoms with van der Waals surface area (Å²) in [7, 11) is 0. The molecule has 13 rings (SSSR count). The van der Waals surface area contributed by atoms with Crippen molar-refractivity contribution in [3.8, 4) is 33.6 Å². The zero-order valence-corrected chi connectivity index (χ0v) is 35.0. The normalized spacial score (nSPS) is 15.5. The molecule has 2 aliphatic carbocycles. The SMILES string of the molecule is C1=CCCC(C2(c3ccccc3)c3ccccc3-c3ccc(N(c4ccc(-c5ccccc5)cc4)c4c5ccccc5cc5c4oc4cccc(-c6cc7ccccc7o6)c45)cc32)=C1. The topological polar surface area (TPSA) is 29.5 Å². The lowest BCUT2D eigenvalue weighted by atomic mass is 9.65. The number of benzene rings is 9. The number of allylic oxidation sites excluding steroid dienone is 4. The summed E-state index contributed by atoms with van der Waals surface area (Å²) in [5, 5.41) is 5.38. The second-order valence-electron chi connectivity index (χ2n) is 17.1. The Labute approximate surface area is 371 Å². The van der Waals surface area contributed by atoms with Crippen LogP contribution in [0.2, 0.25) is 0 Å². The van der Waals surface area contributed by atoms with Crippen LogP contribution in [0.4, 0.5) is 17.1 Å². The van der Waals surface area contributed by atoms with Crippen molar-refractivity contribution in [2.45, 2.75) is 18.3 Å². The Kier molecular flexibility index (Phi) is 8.26. The molecule has 3 nitrogen and oxygen atoms in total. The molecule has 0 spiro atoms. The zero-order chi connectivity index (χ0) is 42.2. The van der Waals surface area contributed by atoms with Crippen molar-refractivity contribution in [3.63, 3.8) is 0 Å². The van der Waals surface area contributed by atoms with Gasteiger partial charge in [0.25, 0.3) is 0 Å². The first kappa shape index (κ1) is 36.5. The largest absolute Gasteiger partial charge is 0.456 e. The summed E-state index contributed by atoms with van der Waals surface area (Å²) in [4.78, 5) is 2.44. The van der Waals surface area contributed by atoms with Crippen LogP contribution in [0, 0.1) is 0 Å². The quantitative estimate of drug-likeness (QED) is 0.160. The molecule has 3 heteroatoms. The first-order valence-electron chi connectivity index (χ1n) is 22.2. The summed E-state index contributed by atoms with van der Waals surface area (Å²) in [5.74, 6) is 0.819.